The molecule has 0 spiro atoms. The Labute approximate surface area is 149 Å². The van der Waals surface area contributed by atoms with Gasteiger partial charge in [0.1, 0.15) is 0 Å². The van der Waals surface area contributed by atoms with E-state index in [2.05, 4.69) is 13.8 Å². The van der Waals surface area contributed by atoms with Crippen LogP contribution in [-0.2, 0) is 4.79 Å². The van der Waals surface area contributed by atoms with E-state index in [9.17, 15) is 9.59 Å². The van der Waals surface area contributed by atoms with E-state index in [1.807, 2.05) is 0 Å². The molecule has 1 aliphatic rings. The molecule has 1 saturated heterocycles. The van der Waals surface area contributed by atoms with Crippen LogP contribution in [0.3, 0.4) is 0 Å². The predicted molar refractivity (Wildman–Crippen MR) is 95.8 cm³/mol. The molecule has 1 fully saturated rings. The molecule has 2 N–H and O–H groups in total. The highest BCUT2D eigenvalue weighted by Gasteiger charge is 2.26. The zero-order valence-corrected chi connectivity index (χ0v) is 15.3. The van der Waals surface area contributed by atoms with Gasteiger partial charge >= 0.3 is 0 Å². The van der Waals surface area contributed by atoms with Gasteiger partial charge in [0.25, 0.3) is 5.91 Å². The number of carbonyl (C=O) groups is 2. The quantitative estimate of drug-likeness (QED) is 0.820. The molecule has 2 rings (SSSR count). The molecular formula is C19H28N2O4. The summed E-state index contributed by atoms with van der Waals surface area (Å²) in [5, 5.41) is 0. The molecule has 0 aromatic heterocycles. The first-order chi connectivity index (χ1) is 11.9. The fourth-order valence-electron chi connectivity index (χ4n) is 2.87. The van der Waals surface area contributed by atoms with E-state index < -0.39 is 0 Å². The maximum absolute atomic E-state index is 12.7. The van der Waals surface area contributed by atoms with Gasteiger partial charge in [-0.15, -0.1) is 0 Å². The lowest BCUT2D eigenvalue weighted by Crippen LogP contribution is -2.41. The van der Waals surface area contributed by atoms with Crippen molar-refractivity contribution in [3.63, 3.8) is 0 Å². The summed E-state index contributed by atoms with van der Waals surface area (Å²) in [6.45, 7) is 5.98. The SMILES string of the molecule is COc1cc(C(=O)N2CCC(C(N)=O)CC2)ccc1OCCC(C)C. The first-order valence-corrected chi connectivity index (χ1v) is 8.81. The number of rotatable bonds is 7. The molecule has 0 unspecified atom stereocenters. The number of nitrogens with two attached hydrogens (primary N) is 1. The van der Waals surface area contributed by atoms with Gasteiger partial charge in [-0.05, 0) is 43.4 Å². The van der Waals surface area contributed by atoms with E-state index in [-0.39, 0.29) is 17.7 Å². The van der Waals surface area contributed by atoms with Crippen molar-refractivity contribution < 1.29 is 19.1 Å². The van der Waals surface area contributed by atoms with Crippen LogP contribution in [0.15, 0.2) is 18.2 Å². The number of amides is 2. The van der Waals surface area contributed by atoms with Crippen molar-refractivity contribution in [3.8, 4) is 11.5 Å². The molecule has 1 aromatic carbocycles. The van der Waals surface area contributed by atoms with Crippen LogP contribution in [0.25, 0.3) is 0 Å². The molecule has 6 heteroatoms. The van der Waals surface area contributed by atoms with Gasteiger partial charge in [0.05, 0.1) is 13.7 Å². The fraction of sp³-hybridized carbons (Fsp3) is 0.579. The van der Waals surface area contributed by atoms with Crippen LogP contribution < -0.4 is 15.2 Å². The van der Waals surface area contributed by atoms with Crippen LogP contribution in [-0.4, -0.2) is 43.5 Å². The first-order valence-electron chi connectivity index (χ1n) is 8.81. The minimum absolute atomic E-state index is 0.0602. The molecule has 25 heavy (non-hydrogen) atoms. The number of likely N-dealkylation sites (tertiary alicyclic amines) is 1. The predicted octanol–water partition coefficient (Wildman–Crippen LogP) is 2.46. The molecular weight excluding hydrogens is 320 g/mol. The summed E-state index contributed by atoms with van der Waals surface area (Å²) in [5.74, 6) is 1.30. The molecule has 0 saturated carbocycles. The summed E-state index contributed by atoms with van der Waals surface area (Å²) < 4.78 is 11.1. The monoisotopic (exact) mass is 348 g/mol. The van der Waals surface area contributed by atoms with Crippen LogP contribution in [0.1, 0.15) is 43.5 Å². The molecule has 138 valence electrons. The average Bonchev–Trinajstić information content (AvgIpc) is 2.61. The average molecular weight is 348 g/mol. The maximum Gasteiger partial charge on any atom is 0.253 e. The highest BCUT2D eigenvalue weighted by atomic mass is 16.5. The van der Waals surface area contributed by atoms with E-state index in [0.717, 1.165) is 6.42 Å². The molecule has 0 bridgehead atoms. The summed E-state index contributed by atoms with van der Waals surface area (Å²) in [4.78, 5) is 25.7. The van der Waals surface area contributed by atoms with Crippen LogP contribution in [0.2, 0.25) is 0 Å². The molecule has 6 nitrogen and oxygen atoms in total. The molecule has 0 atom stereocenters. The smallest absolute Gasteiger partial charge is 0.253 e. The van der Waals surface area contributed by atoms with Gasteiger partial charge in [-0.3, -0.25) is 9.59 Å². The Morgan fingerprint density at radius 1 is 1.24 bits per heavy atom. The largest absolute Gasteiger partial charge is 0.493 e. The lowest BCUT2D eigenvalue weighted by molar-refractivity contribution is -0.123. The second-order valence-corrected chi connectivity index (χ2v) is 6.87. The number of hydrogen-bond donors (Lipinski definition) is 1. The van der Waals surface area contributed by atoms with Crippen molar-refractivity contribution in [2.24, 2.45) is 17.6 Å². The zero-order valence-electron chi connectivity index (χ0n) is 15.3. The van der Waals surface area contributed by atoms with Crippen molar-refractivity contribution in [2.45, 2.75) is 33.1 Å². The van der Waals surface area contributed by atoms with Crippen molar-refractivity contribution in [2.75, 3.05) is 26.8 Å². The number of hydrogen-bond acceptors (Lipinski definition) is 4. The Bertz CT molecular complexity index is 607. The van der Waals surface area contributed by atoms with Gasteiger partial charge < -0.3 is 20.1 Å². The third-order valence-electron chi connectivity index (χ3n) is 4.55. The van der Waals surface area contributed by atoms with Gasteiger partial charge in [-0.2, -0.15) is 0 Å². The number of nitrogens with zero attached hydrogens (tertiary/aromatic N) is 1. The molecule has 0 radical (unpaired) electrons. The normalized spacial score (nSPS) is 15.3. The third-order valence-corrected chi connectivity index (χ3v) is 4.55. The molecule has 1 aliphatic heterocycles. The number of methoxy groups -OCH3 is 1. The number of piperidine rings is 1. The van der Waals surface area contributed by atoms with E-state index >= 15 is 0 Å². The summed E-state index contributed by atoms with van der Waals surface area (Å²) in [6, 6.07) is 5.26. The molecule has 1 heterocycles. The van der Waals surface area contributed by atoms with Crippen LogP contribution >= 0.6 is 0 Å². The summed E-state index contributed by atoms with van der Waals surface area (Å²) in [7, 11) is 1.57. The molecule has 0 aliphatic carbocycles. The Morgan fingerprint density at radius 3 is 2.48 bits per heavy atom. The Hall–Kier alpha value is -2.24. The van der Waals surface area contributed by atoms with Crippen LogP contribution in [0.5, 0.6) is 11.5 Å². The standard InChI is InChI=1S/C19H28N2O4/c1-13(2)8-11-25-16-5-4-15(12-17(16)24-3)19(23)21-9-6-14(7-10-21)18(20)22/h4-5,12-14H,6-11H2,1-3H3,(H2,20,22). The van der Waals surface area contributed by atoms with Gasteiger partial charge in [-0.25, -0.2) is 0 Å². The lowest BCUT2D eigenvalue weighted by Gasteiger charge is -2.30. The van der Waals surface area contributed by atoms with Crippen LogP contribution in [0.4, 0.5) is 0 Å². The number of carbonyl (C=O) groups excluding carboxylic acids is 2. The molecule has 2 amide bonds. The summed E-state index contributed by atoms with van der Waals surface area (Å²) in [5.41, 5.74) is 5.90. The summed E-state index contributed by atoms with van der Waals surface area (Å²) in [6.07, 6.45) is 2.20. The number of ether oxygens (including phenoxy) is 2. The second-order valence-electron chi connectivity index (χ2n) is 6.87. The Kier molecular flexibility index (Phi) is 6.67. The van der Waals surface area contributed by atoms with Gasteiger partial charge in [0.15, 0.2) is 11.5 Å². The van der Waals surface area contributed by atoms with Gasteiger partial charge in [0, 0.05) is 24.6 Å². The van der Waals surface area contributed by atoms with E-state index in [1.54, 1.807) is 30.2 Å². The van der Waals surface area contributed by atoms with Gasteiger partial charge in [0.2, 0.25) is 5.91 Å². The van der Waals surface area contributed by atoms with Crippen molar-refractivity contribution in [3.05, 3.63) is 23.8 Å². The van der Waals surface area contributed by atoms with Crippen molar-refractivity contribution in [1.82, 2.24) is 4.90 Å². The summed E-state index contributed by atoms with van der Waals surface area (Å²) >= 11 is 0. The molecule has 1 aromatic rings. The van der Waals surface area contributed by atoms with E-state index in [0.29, 0.717) is 55.5 Å². The maximum atomic E-state index is 12.7. The van der Waals surface area contributed by atoms with Crippen LogP contribution in [0, 0.1) is 11.8 Å². The van der Waals surface area contributed by atoms with Gasteiger partial charge in [-0.1, -0.05) is 13.8 Å². The Morgan fingerprint density at radius 2 is 1.92 bits per heavy atom. The van der Waals surface area contributed by atoms with Crippen molar-refractivity contribution >= 4 is 11.8 Å². The number of benzene rings is 1. The fourth-order valence-corrected chi connectivity index (χ4v) is 2.87. The number of primary amides is 1. The first kappa shape index (κ1) is 19.1. The zero-order chi connectivity index (χ0) is 18.4. The lowest BCUT2D eigenvalue weighted by atomic mass is 9.96. The van der Waals surface area contributed by atoms with E-state index in [1.165, 1.54) is 0 Å². The van der Waals surface area contributed by atoms with E-state index in [4.69, 9.17) is 15.2 Å². The minimum Gasteiger partial charge on any atom is -0.493 e. The van der Waals surface area contributed by atoms with Crippen molar-refractivity contribution in [1.29, 1.82) is 0 Å². The minimum atomic E-state index is -0.281. The highest BCUT2D eigenvalue weighted by molar-refractivity contribution is 5.95. The topological polar surface area (TPSA) is 81.9 Å². The second kappa shape index (κ2) is 8.74. The highest BCUT2D eigenvalue weighted by Crippen LogP contribution is 2.29. The Balaban J connectivity index is 2.02. The third kappa shape index (κ3) is 5.11.